The summed E-state index contributed by atoms with van der Waals surface area (Å²) < 4.78 is 39.1. The number of amides is 1. The maximum Gasteiger partial charge on any atom is 0.265 e. The highest BCUT2D eigenvalue weighted by Gasteiger charge is 2.24. The van der Waals surface area contributed by atoms with Gasteiger partial charge in [-0.2, -0.15) is 0 Å². The molecule has 0 fully saturated rings. The first-order valence-electron chi connectivity index (χ1n) is 9.67. The fourth-order valence-corrected chi connectivity index (χ4v) is 4.21. The van der Waals surface area contributed by atoms with Gasteiger partial charge in [0.05, 0.1) is 37.0 Å². The van der Waals surface area contributed by atoms with Gasteiger partial charge in [-0.05, 0) is 37.1 Å². The molecule has 1 unspecified atom stereocenters. The van der Waals surface area contributed by atoms with Crippen molar-refractivity contribution >= 4 is 38.9 Å². The van der Waals surface area contributed by atoms with E-state index < -0.39 is 15.9 Å². The normalized spacial score (nSPS) is 12.4. The fraction of sp³-hybridized carbons (Fsp3) is 0.381. The van der Waals surface area contributed by atoms with Crippen LogP contribution in [0.3, 0.4) is 0 Å². The number of nitrogens with one attached hydrogen (secondary N) is 2. The van der Waals surface area contributed by atoms with Gasteiger partial charge in [0.2, 0.25) is 5.91 Å². The summed E-state index contributed by atoms with van der Waals surface area (Å²) >= 11 is 5.99. The second-order valence-corrected chi connectivity index (χ2v) is 9.13. The van der Waals surface area contributed by atoms with Gasteiger partial charge in [-0.15, -0.1) is 0 Å². The van der Waals surface area contributed by atoms with Crippen LogP contribution in [0.15, 0.2) is 41.3 Å². The van der Waals surface area contributed by atoms with Crippen LogP contribution in [0.25, 0.3) is 0 Å². The lowest BCUT2D eigenvalue weighted by Crippen LogP contribution is -2.29. The topological polar surface area (TPSA) is 114 Å². The van der Waals surface area contributed by atoms with E-state index in [-0.39, 0.29) is 41.4 Å². The Morgan fingerprint density at radius 2 is 1.77 bits per heavy atom. The summed E-state index contributed by atoms with van der Waals surface area (Å²) in [7, 11) is -2.58. The molecular weight excluding hydrogens is 444 g/mol. The number of halogens is 1. The van der Waals surface area contributed by atoms with Crippen molar-refractivity contribution in [2.45, 2.75) is 25.7 Å². The third-order valence-corrected chi connectivity index (χ3v) is 6.28. The van der Waals surface area contributed by atoms with Gasteiger partial charge in [-0.25, -0.2) is 8.42 Å². The van der Waals surface area contributed by atoms with Gasteiger partial charge < -0.3 is 19.9 Å². The summed E-state index contributed by atoms with van der Waals surface area (Å²) in [6.45, 7) is 5.32. The zero-order chi connectivity index (χ0) is 23.2. The van der Waals surface area contributed by atoms with Gasteiger partial charge in [-0.1, -0.05) is 25.4 Å². The summed E-state index contributed by atoms with van der Waals surface area (Å²) in [6, 6.07) is 8.75. The highest BCUT2D eigenvalue weighted by molar-refractivity contribution is 7.92. The van der Waals surface area contributed by atoms with Crippen LogP contribution in [0.4, 0.5) is 11.4 Å². The van der Waals surface area contributed by atoms with Crippen LogP contribution in [0.1, 0.15) is 20.8 Å². The van der Waals surface area contributed by atoms with Crippen molar-refractivity contribution in [1.82, 2.24) is 0 Å². The number of hydrogen-bond donors (Lipinski definition) is 3. The van der Waals surface area contributed by atoms with Gasteiger partial charge >= 0.3 is 0 Å². The summed E-state index contributed by atoms with van der Waals surface area (Å²) in [5.41, 5.74) is 0.628. The number of anilines is 2. The summed E-state index contributed by atoms with van der Waals surface area (Å²) in [6.07, 6.45) is 0. The largest absolute Gasteiger partial charge is 0.495 e. The molecule has 0 heterocycles. The zero-order valence-corrected chi connectivity index (χ0v) is 19.4. The van der Waals surface area contributed by atoms with Crippen LogP contribution in [-0.2, 0) is 14.8 Å². The SMILES string of the molecule is CCOc1cc(NC(=O)C(CO)C(C)C)ccc1S(=O)(=O)Nc1ccc(Cl)c(OC)c1. The van der Waals surface area contributed by atoms with E-state index in [2.05, 4.69) is 10.0 Å². The number of carbonyl (C=O) groups excluding carboxylic acids is 1. The Morgan fingerprint density at radius 1 is 1.13 bits per heavy atom. The highest BCUT2D eigenvalue weighted by atomic mass is 35.5. The standard InChI is InChI=1S/C21H27ClN2O6S/c1-5-30-19-10-14(23-21(26)16(12-25)13(2)3)7-9-20(19)31(27,28)24-15-6-8-17(22)18(11-15)29-4/h6-11,13,16,24-25H,5,12H2,1-4H3,(H,23,26). The van der Waals surface area contributed by atoms with Crippen LogP contribution in [0, 0.1) is 11.8 Å². The Hall–Kier alpha value is -2.49. The number of methoxy groups -OCH3 is 1. The number of sulfonamides is 1. The second kappa shape index (κ2) is 10.7. The second-order valence-electron chi connectivity index (χ2n) is 7.07. The minimum Gasteiger partial charge on any atom is -0.495 e. The van der Waals surface area contributed by atoms with E-state index in [1.54, 1.807) is 6.92 Å². The quantitative estimate of drug-likeness (QED) is 0.487. The van der Waals surface area contributed by atoms with Crippen molar-refractivity contribution < 1.29 is 27.8 Å². The van der Waals surface area contributed by atoms with Gasteiger partial charge in [-0.3, -0.25) is 9.52 Å². The molecule has 8 nitrogen and oxygen atoms in total. The molecule has 0 saturated heterocycles. The van der Waals surface area contributed by atoms with Crippen molar-refractivity contribution in [1.29, 1.82) is 0 Å². The minimum absolute atomic E-state index is 0.0587. The molecule has 3 N–H and O–H groups in total. The van der Waals surface area contributed by atoms with E-state index in [9.17, 15) is 18.3 Å². The molecule has 1 atom stereocenters. The van der Waals surface area contributed by atoms with E-state index in [4.69, 9.17) is 21.1 Å². The first kappa shape index (κ1) is 24.8. The van der Waals surface area contributed by atoms with Gasteiger partial charge in [0.25, 0.3) is 10.0 Å². The lowest BCUT2D eigenvalue weighted by molar-refractivity contribution is -0.122. The predicted octanol–water partition coefficient (Wildman–Crippen LogP) is 3.75. The molecule has 2 aromatic carbocycles. The molecule has 0 aliphatic carbocycles. The Labute approximate surface area is 187 Å². The van der Waals surface area contributed by atoms with Crippen molar-refractivity contribution in [2.75, 3.05) is 30.4 Å². The van der Waals surface area contributed by atoms with E-state index in [1.165, 1.54) is 43.5 Å². The third-order valence-electron chi connectivity index (χ3n) is 4.54. The number of aliphatic hydroxyl groups excluding tert-OH is 1. The molecule has 31 heavy (non-hydrogen) atoms. The maximum atomic E-state index is 13.0. The van der Waals surface area contributed by atoms with E-state index >= 15 is 0 Å². The number of rotatable bonds is 10. The molecule has 0 radical (unpaired) electrons. The van der Waals surface area contributed by atoms with E-state index in [0.717, 1.165) is 0 Å². The lowest BCUT2D eigenvalue weighted by atomic mass is 9.96. The number of aliphatic hydroxyl groups is 1. The summed E-state index contributed by atoms with van der Waals surface area (Å²) in [4.78, 5) is 12.3. The van der Waals surface area contributed by atoms with Gasteiger partial charge in [0.15, 0.2) is 0 Å². The number of benzene rings is 2. The van der Waals surface area contributed by atoms with Crippen molar-refractivity contribution in [3.8, 4) is 11.5 Å². The Morgan fingerprint density at radius 3 is 2.35 bits per heavy atom. The number of hydrogen-bond acceptors (Lipinski definition) is 6. The number of carbonyl (C=O) groups is 1. The smallest absolute Gasteiger partial charge is 0.265 e. The maximum absolute atomic E-state index is 13.0. The van der Waals surface area contributed by atoms with Gasteiger partial charge in [0.1, 0.15) is 16.4 Å². The van der Waals surface area contributed by atoms with Crippen LogP contribution in [-0.4, -0.2) is 39.8 Å². The molecule has 0 bridgehead atoms. The molecule has 2 rings (SSSR count). The molecule has 1 amide bonds. The molecule has 10 heteroatoms. The zero-order valence-electron chi connectivity index (χ0n) is 17.8. The van der Waals surface area contributed by atoms with Crippen LogP contribution in [0.2, 0.25) is 5.02 Å². The lowest BCUT2D eigenvalue weighted by Gasteiger charge is -2.19. The van der Waals surface area contributed by atoms with Crippen molar-refractivity contribution in [2.24, 2.45) is 11.8 Å². The molecule has 0 aliphatic rings. The molecule has 0 aromatic heterocycles. The van der Waals surface area contributed by atoms with Crippen LogP contribution in [0.5, 0.6) is 11.5 Å². The molecule has 0 spiro atoms. The van der Waals surface area contributed by atoms with Gasteiger partial charge in [0, 0.05) is 17.8 Å². The van der Waals surface area contributed by atoms with Crippen LogP contribution >= 0.6 is 11.6 Å². The first-order valence-corrected chi connectivity index (χ1v) is 11.5. The highest BCUT2D eigenvalue weighted by Crippen LogP contribution is 2.32. The van der Waals surface area contributed by atoms with E-state index in [0.29, 0.717) is 16.5 Å². The average molecular weight is 471 g/mol. The van der Waals surface area contributed by atoms with Crippen LogP contribution < -0.4 is 19.5 Å². The first-order chi connectivity index (χ1) is 14.6. The average Bonchev–Trinajstić information content (AvgIpc) is 2.69. The Kier molecular flexibility index (Phi) is 8.55. The summed E-state index contributed by atoms with van der Waals surface area (Å²) in [5.74, 6) is -0.591. The fourth-order valence-electron chi connectivity index (χ4n) is 2.84. The Balaban J connectivity index is 2.34. The van der Waals surface area contributed by atoms with Crippen molar-refractivity contribution in [3.63, 3.8) is 0 Å². The van der Waals surface area contributed by atoms with Crippen molar-refractivity contribution in [3.05, 3.63) is 41.4 Å². The minimum atomic E-state index is -4.01. The predicted molar refractivity (Wildman–Crippen MR) is 120 cm³/mol. The number of ether oxygens (including phenoxy) is 2. The Bertz CT molecular complexity index is 1030. The summed E-state index contributed by atoms with van der Waals surface area (Å²) in [5, 5.41) is 12.5. The molecule has 0 saturated carbocycles. The molecule has 170 valence electrons. The molecular formula is C21H27ClN2O6S. The third kappa shape index (κ3) is 6.25. The monoisotopic (exact) mass is 470 g/mol. The molecule has 2 aromatic rings. The molecule has 0 aliphatic heterocycles. The van der Waals surface area contributed by atoms with E-state index in [1.807, 2.05) is 13.8 Å².